The van der Waals surface area contributed by atoms with Gasteiger partial charge in [-0.2, -0.15) is 5.10 Å². The van der Waals surface area contributed by atoms with Gasteiger partial charge in [0.1, 0.15) is 5.82 Å². The first-order valence-corrected chi connectivity index (χ1v) is 8.12. The maximum absolute atomic E-state index is 12.1. The van der Waals surface area contributed by atoms with Crippen LogP contribution in [0.4, 0.5) is 5.82 Å². The maximum atomic E-state index is 12.1. The van der Waals surface area contributed by atoms with E-state index >= 15 is 0 Å². The third kappa shape index (κ3) is 2.13. The van der Waals surface area contributed by atoms with Crippen LogP contribution in [0.15, 0.2) is 18.2 Å². The van der Waals surface area contributed by atoms with Gasteiger partial charge in [0.05, 0.1) is 15.7 Å². The van der Waals surface area contributed by atoms with E-state index in [4.69, 9.17) is 23.2 Å². The Kier molecular flexibility index (Phi) is 3.20. The minimum absolute atomic E-state index is 0.0149. The summed E-state index contributed by atoms with van der Waals surface area (Å²) in [5.74, 6) is 1.20. The summed E-state index contributed by atoms with van der Waals surface area (Å²) in [6, 6.07) is 5.59. The predicted molar refractivity (Wildman–Crippen MR) is 86.7 cm³/mol. The summed E-state index contributed by atoms with van der Waals surface area (Å²) in [7, 11) is 1.87. The number of carbonyl (C=O) groups is 1. The molecular formula is C16H15Cl2N3O. The van der Waals surface area contributed by atoms with Crippen LogP contribution in [-0.2, 0) is 11.8 Å². The normalized spacial score (nSPS) is 20.7. The molecular weight excluding hydrogens is 321 g/mol. The number of fused-ring (bicyclic) bond motifs is 1. The second-order valence-corrected chi connectivity index (χ2v) is 6.78. The molecule has 1 aromatic heterocycles. The average molecular weight is 336 g/mol. The van der Waals surface area contributed by atoms with Gasteiger partial charge in [0.2, 0.25) is 5.91 Å². The Morgan fingerprint density at radius 1 is 1.32 bits per heavy atom. The lowest BCUT2D eigenvalue weighted by Gasteiger charge is -2.25. The second-order valence-electron chi connectivity index (χ2n) is 5.99. The number of nitrogens with zero attached hydrogens (tertiary/aromatic N) is 2. The SMILES string of the molecule is Cn1nc(C2CC2)c2c1NC(=O)C[C@@H]2c1cccc(Cl)c1Cl. The smallest absolute Gasteiger partial charge is 0.226 e. The lowest BCUT2D eigenvalue weighted by Crippen LogP contribution is -2.25. The van der Waals surface area contributed by atoms with Crippen molar-refractivity contribution in [2.75, 3.05) is 5.32 Å². The van der Waals surface area contributed by atoms with Crippen molar-refractivity contribution in [3.8, 4) is 0 Å². The Morgan fingerprint density at radius 3 is 2.82 bits per heavy atom. The van der Waals surface area contributed by atoms with Crippen LogP contribution in [0, 0.1) is 0 Å². The van der Waals surface area contributed by atoms with Gasteiger partial charge in [-0.05, 0) is 24.5 Å². The molecule has 1 aromatic carbocycles. The van der Waals surface area contributed by atoms with Gasteiger partial charge in [-0.3, -0.25) is 9.48 Å². The monoisotopic (exact) mass is 335 g/mol. The van der Waals surface area contributed by atoms with Gasteiger partial charge in [0.25, 0.3) is 0 Å². The molecule has 1 aliphatic carbocycles. The number of halogens is 2. The summed E-state index contributed by atoms with van der Waals surface area (Å²) < 4.78 is 1.77. The van der Waals surface area contributed by atoms with Crippen LogP contribution in [0.2, 0.25) is 10.0 Å². The Bertz CT molecular complexity index is 780. The molecule has 0 unspecified atom stereocenters. The van der Waals surface area contributed by atoms with Crippen molar-refractivity contribution in [3.05, 3.63) is 45.1 Å². The van der Waals surface area contributed by atoms with Crippen LogP contribution in [0.3, 0.4) is 0 Å². The lowest BCUT2D eigenvalue weighted by atomic mass is 9.85. The molecule has 4 rings (SSSR count). The molecule has 0 spiro atoms. The molecule has 0 bridgehead atoms. The molecule has 0 saturated heterocycles. The number of hydrogen-bond acceptors (Lipinski definition) is 2. The highest BCUT2D eigenvalue weighted by molar-refractivity contribution is 6.42. The fraction of sp³-hybridized carbons (Fsp3) is 0.375. The Hall–Kier alpha value is -1.52. The zero-order valence-corrected chi connectivity index (χ0v) is 13.6. The molecule has 1 saturated carbocycles. The average Bonchev–Trinajstić information content (AvgIpc) is 3.27. The molecule has 1 atom stereocenters. The summed E-state index contributed by atoms with van der Waals surface area (Å²) >= 11 is 12.6. The Balaban J connectivity index is 1.91. The number of nitrogens with one attached hydrogen (secondary N) is 1. The molecule has 1 N–H and O–H groups in total. The summed E-state index contributed by atoms with van der Waals surface area (Å²) in [6.07, 6.45) is 2.69. The molecule has 2 heterocycles. The largest absolute Gasteiger partial charge is 0.311 e. The molecule has 0 radical (unpaired) electrons. The van der Waals surface area contributed by atoms with Gasteiger partial charge < -0.3 is 5.32 Å². The number of anilines is 1. The number of amides is 1. The van der Waals surface area contributed by atoms with Crippen LogP contribution >= 0.6 is 23.2 Å². The van der Waals surface area contributed by atoms with Crippen LogP contribution < -0.4 is 5.32 Å². The first-order chi connectivity index (χ1) is 10.6. The van der Waals surface area contributed by atoms with E-state index in [1.54, 1.807) is 10.7 Å². The minimum Gasteiger partial charge on any atom is -0.311 e. The topological polar surface area (TPSA) is 46.9 Å². The minimum atomic E-state index is -0.0840. The van der Waals surface area contributed by atoms with E-state index in [1.807, 2.05) is 19.2 Å². The van der Waals surface area contributed by atoms with Crippen LogP contribution in [-0.4, -0.2) is 15.7 Å². The van der Waals surface area contributed by atoms with Gasteiger partial charge >= 0.3 is 0 Å². The first-order valence-electron chi connectivity index (χ1n) is 7.36. The predicted octanol–water partition coefficient (Wildman–Crippen LogP) is 4.08. The van der Waals surface area contributed by atoms with E-state index in [0.29, 0.717) is 22.4 Å². The van der Waals surface area contributed by atoms with Crippen molar-refractivity contribution in [2.24, 2.45) is 7.05 Å². The third-order valence-corrected chi connectivity index (χ3v) is 5.26. The van der Waals surface area contributed by atoms with Crippen molar-refractivity contribution < 1.29 is 4.79 Å². The summed E-state index contributed by atoms with van der Waals surface area (Å²) in [4.78, 5) is 12.1. The van der Waals surface area contributed by atoms with E-state index < -0.39 is 0 Å². The van der Waals surface area contributed by atoms with E-state index in [2.05, 4.69) is 10.4 Å². The molecule has 4 nitrogen and oxygen atoms in total. The number of aromatic nitrogens is 2. The van der Waals surface area contributed by atoms with E-state index in [0.717, 1.165) is 35.5 Å². The number of rotatable bonds is 2. The highest BCUT2D eigenvalue weighted by Crippen LogP contribution is 2.49. The zero-order valence-electron chi connectivity index (χ0n) is 12.1. The van der Waals surface area contributed by atoms with Crippen molar-refractivity contribution in [1.82, 2.24) is 9.78 Å². The van der Waals surface area contributed by atoms with Crippen LogP contribution in [0.1, 0.15) is 47.9 Å². The van der Waals surface area contributed by atoms with Crippen LogP contribution in [0.5, 0.6) is 0 Å². The van der Waals surface area contributed by atoms with Gasteiger partial charge in [0.15, 0.2) is 0 Å². The highest BCUT2D eigenvalue weighted by Gasteiger charge is 2.39. The van der Waals surface area contributed by atoms with Gasteiger partial charge in [0, 0.05) is 30.9 Å². The fourth-order valence-corrected chi connectivity index (χ4v) is 3.68. The number of benzene rings is 1. The number of carbonyl (C=O) groups excluding carboxylic acids is 1. The second kappa shape index (κ2) is 5.00. The van der Waals surface area contributed by atoms with Crippen molar-refractivity contribution in [2.45, 2.75) is 31.1 Å². The van der Waals surface area contributed by atoms with E-state index in [1.165, 1.54) is 0 Å². The first kappa shape index (κ1) is 14.1. The number of hydrogen-bond donors (Lipinski definition) is 1. The zero-order chi connectivity index (χ0) is 15.4. The van der Waals surface area contributed by atoms with E-state index in [-0.39, 0.29) is 11.8 Å². The molecule has 22 heavy (non-hydrogen) atoms. The van der Waals surface area contributed by atoms with Crippen molar-refractivity contribution >= 4 is 34.9 Å². The fourth-order valence-electron chi connectivity index (χ4n) is 3.24. The molecule has 1 aliphatic heterocycles. The van der Waals surface area contributed by atoms with Crippen molar-refractivity contribution in [1.29, 1.82) is 0 Å². The number of aryl methyl sites for hydroxylation is 1. The molecule has 114 valence electrons. The van der Waals surface area contributed by atoms with E-state index in [9.17, 15) is 4.79 Å². The molecule has 6 heteroatoms. The van der Waals surface area contributed by atoms with Gasteiger partial charge in [-0.25, -0.2) is 0 Å². The molecule has 1 amide bonds. The summed E-state index contributed by atoms with van der Waals surface area (Å²) in [6.45, 7) is 0. The summed E-state index contributed by atoms with van der Waals surface area (Å²) in [5.41, 5.74) is 3.10. The molecule has 1 fully saturated rings. The third-order valence-electron chi connectivity index (χ3n) is 4.43. The molecule has 2 aliphatic rings. The van der Waals surface area contributed by atoms with Gasteiger partial charge in [-0.15, -0.1) is 0 Å². The molecule has 2 aromatic rings. The highest BCUT2D eigenvalue weighted by atomic mass is 35.5. The van der Waals surface area contributed by atoms with Gasteiger partial charge in [-0.1, -0.05) is 35.3 Å². The van der Waals surface area contributed by atoms with Crippen molar-refractivity contribution in [3.63, 3.8) is 0 Å². The Morgan fingerprint density at radius 2 is 2.09 bits per heavy atom. The standard InChI is InChI=1S/C16H15Cl2N3O/c1-21-16-13(15(20-21)8-5-6-8)10(7-12(22)19-16)9-3-2-4-11(17)14(9)18/h2-4,8,10H,5-7H2,1H3,(H,19,22)/t10-/m1/s1. The summed E-state index contributed by atoms with van der Waals surface area (Å²) in [5, 5.41) is 8.64. The lowest BCUT2D eigenvalue weighted by molar-refractivity contribution is -0.116. The van der Waals surface area contributed by atoms with Crippen LogP contribution in [0.25, 0.3) is 0 Å². The Labute approximate surface area is 138 Å². The maximum Gasteiger partial charge on any atom is 0.226 e. The quantitative estimate of drug-likeness (QED) is 0.898.